The summed E-state index contributed by atoms with van der Waals surface area (Å²) in [4.78, 5) is 4.66. The largest absolute Gasteiger partial charge is 0.303 e. The van der Waals surface area contributed by atoms with Gasteiger partial charge in [-0.05, 0) is 30.5 Å². The van der Waals surface area contributed by atoms with Gasteiger partial charge in [0.2, 0.25) is 10.0 Å². The van der Waals surface area contributed by atoms with E-state index in [4.69, 9.17) is 5.90 Å². The Bertz CT molecular complexity index is 469. The Morgan fingerprint density at radius 3 is 2.22 bits per heavy atom. The molecule has 0 fully saturated rings. The summed E-state index contributed by atoms with van der Waals surface area (Å²) in [6.45, 7) is 5.93. The zero-order valence-corrected chi connectivity index (χ0v) is 11.7. The van der Waals surface area contributed by atoms with Gasteiger partial charge in [0, 0.05) is 6.04 Å². The summed E-state index contributed by atoms with van der Waals surface area (Å²) in [7, 11) is -3.51. The van der Waals surface area contributed by atoms with E-state index in [2.05, 4.69) is 23.4 Å². The van der Waals surface area contributed by atoms with Gasteiger partial charge in [0.05, 0.1) is 11.5 Å². The highest BCUT2D eigenvalue weighted by Crippen LogP contribution is 2.17. The van der Waals surface area contributed by atoms with Crippen molar-refractivity contribution in [2.45, 2.75) is 37.6 Å². The highest BCUT2D eigenvalue weighted by molar-refractivity contribution is 7.89. The number of benzene rings is 1. The number of nitrogens with two attached hydrogens (primary N) is 1. The normalized spacial score (nSPS) is 13.8. The maximum absolute atomic E-state index is 12.0. The Morgan fingerprint density at radius 1 is 1.22 bits per heavy atom. The van der Waals surface area contributed by atoms with Crippen LogP contribution in [-0.4, -0.2) is 21.1 Å². The molecule has 0 saturated carbocycles. The number of hydrogen-bond acceptors (Lipinski definition) is 4. The van der Waals surface area contributed by atoms with E-state index in [1.165, 1.54) is 0 Å². The summed E-state index contributed by atoms with van der Waals surface area (Å²) in [5.74, 6) is 5.28. The molecule has 0 amide bonds. The molecule has 0 spiro atoms. The Hall–Kier alpha value is -0.950. The minimum atomic E-state index is -3.51. The highest BCUT2D eigenvalue weighted by Gasteiger charge is 2.17. The van der Waals surface area contributed by atoms with Gasteiger partial charge in [-0.25, -0.2) is 19.0 Å². The molecule has 3 N–H and O–H groups in total. The van der Waals surface area contributed by atoms with Crippen LogP contribution in [0.15, 0.2) is 29.2 Å². The first kappa shape index (κ1) is 15.1. The van der Waals surface area contributed by atoms with Crippen molar-refractivity contribution in [1.82, 2.24) is 4.72 Å². The summed E-state index contributed by atoms with van der Waals surface area (Å²) >= 11 is 0. The molecule has 0 saturated heterocycles. The predicted molar refractivity (Wildman–Crippen MR) is 70.5 cm³/mol. The summed E-state index contributed by atoms with van der Waals surface area (Å²) in [5, 5.41) is 0. The van der Waals surface area contributed by atoms with Crippen LogP contribution in [0, 0.1) is 0 Å². The molecule has 1 rings (SSSR count). The van der Waals surface area contributed by atoms with E-state index in [9.17, 15) is 8.42 Å². The molecule has 102 valence electrons. The molecule has 5 nitrogen and oxygen atoms in total. The second-order valence-corrected chi connectivity index (χ2v) is 6.29. The van der Waals surface area contributed by atoms with E-state index in [1.54, 1.807) is 19.1 Å². The first-order valence-corrected chi connectivity index (χ1v) is 7.29. The highest BCUT2D eigenvalue weighted by atomic mass is 32.2. The smallest absolute Gasteiger partial charge is 0.240 e. The minimum Gasteiger partial charge on any atom is -0.303 e. The number of hydrogen-bond donors (Lipinski definition) is 2. The maximum atomic E-state index is 12.0. The van der Waals surface area contributed by atoms with Gasteiger partial charge in [-0.3, -0.25) is 0 Å². The topological polar surface area (TPSA) is 81.4 Å². The lowest BCUT2D eigenvalue weighted by Gasteiger charge is -2.13. The van der Waals surface area contributed by atoms with Crippen LogP contribution in [0.3, 0.4) is 0 Å². The lowest BCUT2D eigenvalue weighted by atomic mass is 10.0. The number of rotatable bonds is 6. The summed E-state index contributed by atoms with van der Waals surface area (Å²) in [5.41, 5.74) is 1.10. The molecular weight excluding hydrogens is 252 g/mol. The number of nitrogens with one attached hydrogen (secondary N) is 1. The van der Waals surface area contributed by atoms with Gasteiger partial charge in [0.25, 0.3) is 0 Å². The van der Waals surface area contributed by atoms with Gasteiger partial charge in [-0.15, -0.1) is 0 Å². The molecule has 0 bridgehead atoms. The van der Waals surface area contributed by atoms with Crippen molar-refractivity contribution < 1.29 is 13.3 Å². The van der Waals surface area contributed by atoms with E-state index in [1.807, 2.05) is 12.1 Å². The summed E-state index contributed by atoms with van der Waals surface area (Å²) in [6.07, 6.45) is 0. The molecule has 6 heteroatoms. The molecule has 0 aliphatic heterocycles. The molecule has 0 aliphatic carbocycles. The maximum Gasteiger partial charge on any atom is 0.240 e. The van der Waals surface area contributed by atoms with Gasteiger partial charge in [-0.1, -0.05) is 26.0 Å². The Balaban J connectivity index is 2.85. The van der Waals surface area contributed by atoms with Crippen LogP contribution < -0.4 is 10.6 Å². The van der Waals surface area contributed by atoms with Crippen LogP contribution in [0.1, 0.15) is 32.3 Å². The molecule has 1 atom stereocenters. The van der Waals surface area contributed by atoms with E-state index in [0.29, 0.717) is 5.92 Å². The molecule has 1 aromatic carbocycles. The Labute approximate surface area is 108 Å². The average Bonchev–Trinajstić information content (AvgIpc) is 2.28. The summed E-state index contributed by atoms with van der Waals surface area (Å²) < 4.78 is 26.5. The zero-order valence-electron chi connectivity index (χ0n) is 10.9. The fourth-order valence-corrected chi connectivity index (χ4v) is 2.77. The van der Waals surface area contributed by atoms with E-state index in [0.717, 1.165) is 5.56 Å². The first-order valence-electron chi connectivity index (χ1n) is 5.80. The third-order valence-corrected chi connectivity index (χ3v) is 4.17. The van der Waals surface area contributed by atoms with Crippen LogP contribution >= 0.6 is 0 Å². The van der Waals surface area contributed by atoms with E-state index < -0.39 is 10.0 Å². The monoisotopic (exact) mass is 272 g/mol. The van der Waals surface area contributed by atoms with Crippen LogP contribution in [0.5, 0.6) is 0 Å². The fraction of sp³-hybridized carbons (Fsp3) is 0.500. The third-order valence-electron chi connectivity index (χ3n) is 2.56. The molecule has 0 aliphatic rings. The van der Waals surface area contributed by atoms with Crippen molar-refractivity contribution in [3.8, 4) is 0 Å². The van der Waals surface area contributed by atoms with Crippen molar-refractivity contribution in [1.29, 1.82) is 0 Å². The van der Waals surface area contributed by atoms with Crippen molar-refractivity contribution in [3.63, 3.8) is 0 Å². The van der Waals surface area contributed by atoms with Gasteiger partial charge in [0.15, 0.2) is 0 Å². The summed E-state index contributed by atoms with van der Waals surface area (Å²) in [6, 6.07) is 6.48. The van der Waals surface area contributed by atoms with Crippen molar-refractivity contribution in [2.24, 2.45) is 5.90 Å². The molecular formula is C12H20N2O3S. The SMILES string of the molecule is CC(CON)NS(=O)(=O)c1ccc(C(C)C)cc1. The van der Waals surface area contributed by atoms with Crippen LogP contribution in [-0.2, 0) is 14.9 Å². The Morgan fingerprint density at radius 2 is 1.78 bits per heavy atom. The van der Waals surface area contributed by atoms with Crippen LogP contribution in [0.25, 0.3) is 0 Å². The molecule has 1 aromatic rings. The number of sulfonamides is 1. The molecule has 0 radical (unpaired) electrons. The van der Waals surface area contributed by atoms with E-state index >= 15 is 0 Å². The predicted octanol–water partition coefficient (Wildman–Crippen LogP) is 1.37. The Kier molecular flexibility index (Phi) is 5.28. The quantitative estimate of drug-likeness (QED) is 0.766. The lowest BCUT2D eigenvalue weighted by Crippen LogP contribution is -2.36. The second kappa shape index (κ2) is 6.29. The minimum absolute atomic E-state index is 0.128. The van der Waals surface area contributed by atoms with Crippen molar-refractivity contribution >= 4 is 10.0 Å². The average molecular weight is 272 g/mol. The van der Waals surface area contributed by atoms with Gasteiger partial charge in [0.1, 0.15) is 0 Å². The van der Waals surface area contributed by atoms with Gasteiger partial charge < -0.3 is 4.84 Å². The van der Waals surface area contributed by atoms with Crippen molar-refractivity contribution in [2.75, 3.05) is 6.61 Å². The van der Waals surface area contributed by atoms with Crippen molar-refractivity contribution in [3.05, 3.63) is 29.8 Å². The molecule has 0 heterocycles. The zero-order chi connectivity index (χ0) is 13.8. The van der Waals surface area contributed by atoms with Crippen LogP contribution in [0.4, 0.5) is 0 Å². The lowest BCUT2D eigenvalue weighted by molar-refractivity contribution is 0.124. The molecule has 1 unspecified atom stereocenters. The van der Waals surface area contributed by atoms with E-state index in [-0.39, 0.29) is 17.5 Å². The van der Waals surface area contributed by atoms with Crippen LogP contribution in [0.2, 0.25) is 0 Å². The fourth-order valence-electron chi connectivity index (χ4n) is 1.54. The molecule has 0 aromatic heterocycles. The first-order chi connectivity index (χ1) is 8.36. The van der Waals surface area contributed by atoms with Gasteiger partial charge in [-0.2, -0.15) is 0 Å². The van der Waals surface area contributed by atoms with Gasteiger partial charge >= 0.3 is 0 Å². The second-order valence-electron chi connectivity index (χ2n) is 4.58. The molecule has 18 heavy (non-hydrogen) atoms. The standard InChI is InChI=1S/C12H20N2O3S/c1-9(2)11-4-6-12(7-5-11)18(15,16)14-10(3)8-17-13/h4-7,9-10,14H,8,13H2,1-3H3. The third kappa shape index (κ3) is 4.06.